The lowest BCUT2D eigenvalue weighted by Gasteiger charge is -2.22. The van der Waals surface area contributed by atoms with Crippen LogP contribution in [0.1, 0.15) is 144 Å². The number of alkyl carbamates (subject to hydrolysis) is 1. The van der Waals surface area contributed by atoms with Gasteiger partial charge in [-0.2, -0.15) is 4.98 Å². The van der Waals surface area contributed by atoms with Crippen molar-refractivity contribution in [3.05, 3.63) is 16.7 Å². The minimum atomic E-state index is -0.945. The second-order valence-corrected chi connectivity index (χ2v) is 14.1. The monoisotopic (exact) mass is 690 g/mol. The van der Waals surface area contributed by atoms with Crippen molar-refractivity contribution in [3.8, 4) is 0 Å². The number of carbonyl (C=O) groups is 3. The summed E-state index contributed by atoms with van der Waals surface area (Å²) in [4.78, 5) is 60.2. The van der Waals surface area contributed by atoms with E-state index in [0.29, 0.717) is 25.0 Å². The molecule has 4 N–H and O–H groups in total. The maximum absolute atomic E-state index is 12.7. The minimum absolute atomic E-state index is 0.0241. The first-order valence-corrected chi connectivity index (χ1v) is 18.4. The van der Waals surface area contributed by atoms with Crippen molar-refractivity contribution in [1.29, 1.82) is 0 Å². The van der Waals surface area contributed by atoms with Crippen molar-refractivity contribution in [3.63, 3.8) is 0 Å². The number of rotatable bonds is 25. The maximum atomic E-state index is 12.7. The van der Waals surface area contributed by atoms with Crippen LogP contribution >= 0.6 is 0 Å². The zero-order valence-corrected chi connectivity index (χ0v) is 30.7. The van der Waals surface area contributed by atoms with Crippen LogP contribution in [0.2, 0.25) is 0 Å². The Bertz CT molecular complexity index is 1320. The van der Waals surface area contributed by atoms with E-state index in [1.165, 1.54) is 90.3 Å². The predicted octanol–water partition coefficient (Wildman–Crippen LogP) is 6.97. The number of aryl methyl sites for hydroxylation is 1. The van der Waals surface area contributed by atoms with Crippen LogP contribution in [-0.2, 0) is 30.3 Å². The highest BCUT2D eigenvalue weighted by atomic mass is 16.6. The standard InChI is InChI=1S/C36H62N6O7/c1-6-7-8-9-10-11-12-13-14-15-16-17-18-19-20-21-29(43)47-24-28(25-48-33(45)27(2)39-35(46)49-36(3,4)5)22-23-42-26-38-30-31(42)40-34(37)41-32(30)44/h26-28H,6-25H2,1-5H3,(H,39,46)(H3,37,40,41,44)/t27-,28?/m0/s1. The van der Waals surface area contributed by atoms with Gasteiger partial charge in [0.2, 0.25) is 5.95 Å². The molecule has 0 spiro atoms. The number of hydrogen-bond acceptors (Lipinski definition) is 10. The number of fused-ring (bicyclic) bond motifs is 1. The number of aromatic nitrogens is 4. The normalized spacial score (nSPS) is 12.8. The average Bonchev–Trinajstić information content (AvgIpc) is 3.44. The molecule has 0 radical (unpaired) electrons. The third kappa shape index (κ3) is 18.1. The summed E-state index contributed by atoms with van der Waals surface area (Å²) >= 11 is 0. The molecule has 0 aliphatic rings. The van der Waals surface area contributed by atoms with Gasteiger partial charge >= 0.3 is 18.0 Å². The highest BCUT2D eigenvalue weighted by molar-refractivity contribution is 5.81. The Kier molecular flexibility index (Phi) is 19.4. The second-order valence-electron chi connectivity index (χ2n) is 14.1. The fourth-order valence-electron chi connectivity index (χ4n) is 5.46. The van der Waals surface area contributed by atoms with Crippen molar-refractivity contribution < 1.29 is 28.6 Å². The fourth-order valence-corrected chi connectivity index (χ4v) is 5.46. The number of nitrogen functional groups attached to an aromatic ring is 1. The van der Waals surface area contributed by atoms with E-state index in [0.717, 1.165) is 19.3 Å². The Morgan fingerprint density at radius 1 is 0.898 bits per heavy atom. The summed E-state index contributed by atoms with van der Waals surface area (Å²) in [5.41, 5.74) is 5.06. The lowest BCUT2D eigenvalue weighted by molar-refractivity contribution is -0.150. The second kappa shape index (κ2) is 22.9. The van der Waals surface area contributed by atoms with Gasteiger partial charge in [-0.1, -0.05) is 96.8 Å². The number of imidazole rings is 1. The number of nitrogens with two attached hydrogens (primary N) is 1. The van der Waals surface area contributed by atoms with Crippen LogP contribution in [0.4, 0.5) is 10.7 Å². The van der Waals surface area contributed by atoms with E-state index in [1.54, 1.807) is 25.3 Å². The number of aromatic amines is 1. The first-order valence-electron chi connectivity index (χ1n) is 18.4. The van der Waals surface area contributed by atoms with Crippen molar-refractivity contribution in [2.75, 3.05) is 18.9 Å². The van der Waals surface area contributed by atoms with Gasteiger partial charge in [0.05, 0.1) is 19.5 Å². The van der Waals surface area contributed by atoms with Crippen LogP contribution in [-0.4, -0.2) is 62.4 Å². The molecule has 278 valence electrons. The van der Waals surface area contributed by atoms with Gasteiger partial charge in [0.1, 0.15) is 11.6 Å². The number of nitrogens with zero attached hydrogens (tertiary/aromatic N) is 3. The van der Waals surface area contributed by atoms with Crippen molar-refractivity contribution >= 4 is 35.1 Å². The average molecular weight is 691 g/mol. The van der Waals surface area contributed by atoms with E-state index in [1.807, 2.05) is 0 Å². The first-order chi connectivity index (χ1) is 23.4. The van der Waals surface area contributed by atoms with E-state index in [-0.39, 0.29) is 36.6 Å². The number of amides is 1. The number of nitrogens with one attached hydrogen (secondary N) is 2. The highest BCUT2D eigenvalue weighted by Crippen LogP contribution is 2.16. The molecule has 0 bridgehead atoms. The molecule has 2 heterocycles. The van der Waals surface area contributed by atoms with Gasteiger partial charge in [0.25, 0.3) is 5.56 Å². The van der Waals surface area contributed by atoms with Crippen molar-refractivity contribution in [2.45, 2.75) is 162 Å². The summed E-state index contributed by atoms with van der Waals surface area (Å²) in [5, 5.41) is 2.47. The minimum Gasteiger partial charge on any atom is -0.465 e. The molecule has 0 saturated carbocycles. The number of H-pyrrole nitrogens is 1. The molecule has 0 saturated heterocycles. The van der Waals surface area contributed by atoms with Crippen LogP contribution in [0.25, 0.3) is 11.2 Å². The molecule has 2 rings (SSSR count). The van der Waals surface area contributed by atoms with Gasteiger partial charge in [-0.05, 0) is 40.5 Å². The Hall–Kier alpha value is -3.64. The number of ether oxygens (including phenoxy) is 3. The molecule has 13 nitrogen and oxygen atoms in total. The molecule has 49 heavy (non-hydrogen) atoms. The molecule has 0 aliphatic carbocycles. The number of anilines is 1. The van der Waals surface area contributed by atoms with Crippen molar-refractivity contribution in [1.82, 2.24) is 24.8 Å². The Labute approximate surface area is 291 Å². The van der Waals surface area contributed by atoms with Gasteiger partial charge in [0.15, 0.2) is 11.2 Å². The summed E-state index contributed by atoms with van der Waals surface area (Å²) < 4.78 is 18.0. The smallest absolute Gasteiger partial charge is 0.408 e. The number of unbranched alkanes of at least 4 members (excludes halogenated alkanes) is 14. The zero-order chi connectivity index (χ0) is 36.1. The highest BCUT2D eigenvalue weighted by Gasteiger charge is 2.24. The maximum Gasteiger partial charge on any atom is 0.408 e. The molecule has 0 fully saturated rings. The summed E-state index contributed by atoms with van der Waals surface area (Å²) in [7, 11) is 0. The van der Waals surface area contributed by atoms with Gasteiger partial charge in [-0.3, -0.25) is 14.6 Å². The van der Waals surface area contributed by atoms with E-state index in [9.17, 15) is 19.2 Å². The summed E-state index contributed by atoms with van der Waals surface area (Å²) in [6.45, 7) is 9.29. The molecule has 0 aromatic carbocycles. The third-order valence-electron chi connectivity index (χ3n) is 8.28. The quantitative estimate of drug-likeness (QED) is 0.0559. The lowest BCUT2D eigenvalue weighted by atomic mass is 10.0. The summed E-state index contributed by atoms with van der Waals surface area (Å²) in [6.07, 6.45) is 20.3. The molecule has 2 aromatic heterocycles. The zero-order valence-electron chi connectivity index (χ0n) is 30.7. The Balaban J connectivity index is 1.74. The predicted molar refractivity (Wildman–Crippen MR) is 191 cm³/mol. The van der Waals surface area contributed by atoms with E-state index in [2.05, 4.69) is 27.2 Å². The molecular formula is C36H62N6O7. The molecule has 1 unspecified atom stereocenters. The molecule has 1 amide bonds. The van der Waals surface area contributed by atoms with Crippen LogP contribution in [0.15, 0.2) is 11.1 Å². The largest absolute Gasteiger partial charge is 0.465 e. The summed E-state index contributed by atoms with van der Waals surface area (Å²) in [6, 6.07) is -0.945. The molecule has 0 aliphatic heterocycles. The van der Waals surface area contributed by atoms with Gasteiger partial charge in [-0.25, -0.2) is 14.6 Å². The number of hydrogen-bond donors (Lipinski definition) is 3. The Morgan fingerprint density at radius 2 is 1.45 bits per heavy atom. The van der Waals surface area contributed by atoms with E-state index >= 15 is 0 Å². The van der Waals surface area contributed by atoms with Crippen LogP contribution in [0, 0.1) is 5.92 Å². The van der Waals surface area contributed by atoms with E-state index < -0.39 is 29.3 Å². The Morgan fingerprint density at radius 3 is 2.02 bits per heavy atom. The molecule has 2 atom stereocenters. The van der Waals surface area contributed by atoms with Crippen LogP contribution in [0.3, 0.4) is 0 Å². The lowest BCUT2D eigenvalue weighted by Crippen LogP contribution is -2.42. The van der Waals surface area contributed by atoms with Crippen molar-refractivity contribution in [2.24, 2.45) is 5.92 Å². The summed E-state index contributed by atoms with van der Waals surface area (Å²) in [5.74, 6) is -1.32. The van der Waals surface area contributed by atoms with Crippen LogP contribution < -0.4 is 16.6 Å². The van der Waals surface area contributed by atoms with E-state index in [4.69, 9.17) is 19.9 Å². The van der Waals surface area contributed by atoms with Gasteiger partial charge in [0, 0.05) is 18.9 Å². The topological polar surface area (TPSA) is 181 Å². The van der Waals surface area contributed by atoms with Gasteiger partial charge < -0.3 is 29.8 Å². The van der Waals surface area contributed by atoms with Crippen LogP contribution in [0.5, 0.6) is 0 Å². The molecule has 13 heteroatoms. The number of carbonyl (C=O) groups excluding carboxylic acids is 3. The van der Waals surface area contributed by atoms with Gasteiger partial charge in [-0.15, -0.1) is 0 Å². The fraction of sp³-hybridized carbons (Fsp3) is 0.778. The number of esters is 2. The molecular weight excluding hydrogens is 628 g/mol. The molecule has 2 aromatic rings. The first kappa shape index (κ1) is 41.5. The SMILES string of the molecule is CCCCCCCCCCCCCCCCCC(=O)OCC(CCn1cnc2c(=O)[nH]c(N)nc21)COC(=O)[C@H](C)NC(=O)OC(C)(C)C. The third-order valence-corrected chi connectivity index (χ3v) is 8.28.